The number of carbonyl (C=O) groups is 1. The summed E-state index contributed by atoms with van der Waals surface area (Å²) in [6, 6.07) is 0. The molecule has 6 nitrogen and oxygen atoms in total. The van der Waals surface area contributed by atoms with Gasteiger partial charge in [0.15, 0.2) is 0 Å². The van der Waals surface area contributed by atoms with Crippen molar-refractivity contribution in [2.75, 3.05) is 19.0 Å². The van der Waals surface area contributed by atoms with Crippen LogP contribution in [0.1, 0.15) is 38.3 Å². The number of nitrogens with two attached hydrogens (primary N) is 1. The van der Waals surface area contributed by atoms with E-state index in [4.69, 9.17) is 5.73 Å². The zero-order valence-electron chi connectivity index (χ0n) is 14.3. The Bertz CT molecular complexity index is 516. The van der Waals surface area contributed by atoms with E-state index in [0.29, 0.717) is 6.54 Å². The highest BCUT2D eigenvalue weighted by Gasteiger charge is 2.37. The van der Waals surface area contributed by atoms with Gasteiger partial charge in [-0.05, 0) is 19.8 Å². The fourth-order valence-corrected chi connectivity index (χ4v) is 3.10. The number of anilines is 1. The number of halogens is 2. The summed E-state index contributed by atoms with van der Waals surface area (Å²) in [5.41, 5.74) is 6.88. The Morgan fingerprint density at radius 2 is 2.13 bits per heavy atom. The molecule has 2 rings (SSSR count). The standard InChI is InChI=1S/C15H27N5O.2ClH/c1-15(16)8-6-5-7-12(15)13(21)17-9-11-10-18-14(19(2)3)20(11)4;;/h10,12H,5-9,16H2,1-4H3,(H,17,21);2*1H. The summed E-state index contributed by atoms with van der Waals surface area (Å²) in [6.07, 6.45) is 5.80. The molecule has 1 heterocycles. The molecule has 1 aromatic rings. The first-order valence-corrected chi connectivity index (χ1v) is 7.57. The molecule has 1 saturated carbocycles. The minimum atomic E-state index is -0.385. The van der Waals surface area contributed by atoms with Crippen molar-refractivity contribution in [3.63, 3.8) is 0 Å². The van der Waals surface area contributed by atoms with Gasteiger partial charge < -0.3 is 20.5 Å². The van der Waals surface area contributed by atoms with E-state index < -0.39 is 0 Å². The Hall–Kier alpha value is -0.980. The van der Waals surface area contributed by atoms with Crippen LogP contribution in [-0.2, 0) is 18.4 Å². The van der Waals surface area contributed by atoms with Gasteiger partial charge in [-0.25, -0.2) is 4.98 Å². The molecule has 1 aliphatic rings. The lowest BCUT2D eigenvalue weighted by Crippen LogP contribution is -2.52. The van der Waals surface area contributed by atoms with E-state index in [2.05, 4.69) is 10.3 Å². The lowest BCUT2D eigenvalue weighted by atomic mass is 9.74. The van der Waals surface area contributed by atoms with Crippen LogP contribution >= 0.6 is 24.8 Å². The maximum Gasteiger partial charge on any atom is 0.225 e. The Labute approximate surface area is 151 Å². The summed E-state index contributed by atoms with van der Waals surface area (Å²) in [5, 5.41) is 3.02. The Morgan fingerprint density at radius 3 is 2.65 bits per heavy atom. The highest BCUT2D eigenvalue weighted by Crippen LogP contribution is 2.31. The molecule has 8 heteroatoms. The number of aromatic nitrogens is 2. The van der Waals surface area contributed by atoms with Crippen LogP contribution in [0.3, 0.4) is 0 Å². The van der Waals surface area contributed by atoms with Gasteiger partial charge in [-0.2, -0.15) is 0 Å². The lowest BCUT2D eigenvalue weighted by molar-refractivity contribution is -0.128. The van der Waals surface area contributed by atoms with Crippen molar-refractivity contribution in [3.8, 4) is 0 Å². The molecule has 0 spiro atoms. The molecule has 1 amide bonds. The fraction of sp³-hybridized carbons (Fsp3) is 0.733. The molecule has 0 aromatic carbocycles. The lowest BCUT2D eigenvalue weighted by Gasteiger charge is -2.37. The molecule has 1 aliphatic carbocycles. The monoisotopic (exact) mass is 365 g/mol. The Kier molecular flexibility index (Phi) is 8.38. The summed E-state index contributed by atoms with van der Waals surface area (Å²) < 4.78 is 1.99. The smallest absolute Gasteiger partial charge is 0.225 e. The normalized spacial score (nSPS) is 23.4. The number of hydrogen-bond donors (Lipinski definition) is 2. The van der Waals surface area contributed by atoms with E-state index >= 15 is 0 Å². The van der Waals surface area contributed by atoms with Gasteiger partial charge in [0, 0.05) is 26.7 Å². The van der Waals surface area contributed by atoms with E-state index in [9.17, 15) is 4.79 Å². The maximum absolute atomic E-state index is 12.4. The summed E-state index contributed by atoms with van der Waals surface area (Å²) in [6.45, 7) is 2.48. The number of rotatable bonds is 4. The van der Waals surface area contributed by atoms with Crippen molar-refractivity contribution in [1.82, 2.24) is 14.9 Å². The van der Waals surface area contributed by atoms with Crippen LogP contribution in [0.5, 0.6) is 0 Å². The third kappa shape index (κ3) is 4.99. The first-order valence-electron chi connectivity index (χ1n) is 7.57. The zero-order chi connectivity index (χ0) is 15.6. The molecule has 0 radical (unpaired) electrons. The second-order valence-electron chi connectivity index (χ2n) is 6.52. The van der Waals surface area contributed by atoms with E-state index in [1.54, 1.807) is 6.20 Å². The predicted molar refractivity (Wildman–Crippen MR) is 98.4 cm³/mol. The molecule has 1 fully saturated rings. The van der Waals surface area contributed by atoms with Crippen LogP contribution < -0.4 is 16.0 Å². The number of carbonyl (C=O) groups excluding carboxylic acids is 1. The van der Waals surface area contributed by atoms with Crippen LogP contribution in [-0.4, -0.2) is 35.1 Å². The van der Waals surface area contributed by atoms with E-state index in [1.165, 1.54) is 0 Å². The third-order valence-electron chi connectivity index (χ3n) is 4.47. The average Bonchev–Trinajstić information content (AvgIpc) is 2.77. The average molecular weight is 366 g/mol. The molecule has 2 atom stereocenters. The number of hydrogen-bond acceptors (Lipinski definition) is 4. The number of imidazole rings is 1. The Morgan fingerprint density at radius 1 is 1.48 bits per heavy atom. The second-order valence-corrected chi connectivity index (χ2v) is 6.52. The van der Waals surface area contributed by atoms with Crippen molar-refractivity contribution in [2.45, 2.75) is 44.7 Å². The zero-order valence-corrected chi connectivity index (χ0v) is 16.0. The number of nitrogens with one attached hydrogen (secondary N) is 1. The van der Waals surface area contributed by atoms with Gasteiger partial charge in [0.05, 0.1) is 24.4 Å². The second kappa shape index (κ2) is 8.76. The van der Waals surface area contributed by atoms with Crippen LogP contribution in [0.2, 0.25) is 0 Å². The van der Waals surface area contributed by atoms with E-state index in [-0.39, 0.29) is 42.2 Å². The Balaban J connectivity index is 0.00000242. The maximum atomic E-state index is 12.4. The molecule has 3 N–H and O–H groups in total. The molecule has 0 saturated heterocycles. The summed E-state index contributed by atoms with van der Waals surface area (Å²) in [5.74, 6) is 0.848. The first kappa shape index (κ1) is 22.0. The molecular weight excluding hydrogens is 337 g/mol. The van der Waals surface area contributed by atoms with Gasteiger partial charge in [0.1, 0.15) is 0 Å². The van der Waals surface area contributed by atoms with Crippen molar-refractivity contribution in [1.29, 1.82) is 0 Å². The first-order chi connectivity index (χ1) is 9.83. The molecule has 1 aromatic heterocycles. The molecule has 2 unspecified atom stereocenters. The molecular formula is C15H29Cl2N5O. The molecule has 134 valence electrons. The largest absolute Gasteiger partial charge is 0.350 e. The molecule has 0 bridgehead atoms. The topological polar surface area (TPSA) is 76.2 Å². The quantitative estimate of drug-likeness (QED) is 0.853. The van der Waals surface area contributed by atoms with Crippen molar-refractivity contribution in [2.24, 2.45) is 18.7 Å². The van der Waals surface area contributed by atoms with Crippen molar-refractivity contribution >= 4 is 36.7 Å². The van der Waals surface area contributed by atoms with Crippen LogP contribution in [0.25, 0.3) is 0 Å². The molecule has 0 aliphatic heterocycles. The van der Waals surface area contributed by atoms with E-state index in [1.807, 2.05) is 37.5 Å². The van der Waals surface area contributed by atoms with Gasteiger partial charge >= 0.3 is 0 Å². The number of nitrogens with zero attached hydrogens (tertiary/aromatic N) is 3. The van der Waals surface area contributed by atoms with Gasteiger partial charge in [0.2, 0.25) is 11.9 Å². The highest BCUT2D eigenvalue weighted by atomic mass is 35.5. The minimum Gasteiger partial charge on any atom is -0.350 e. The van der Waals surface area contributed by atoms with Crippen molar-refractivity contribution in [3.05, 3.63) is 11.9 Å². The van der Waals surface area contributed by atoms with Crippen LogP contribution in [0.15, 0.2) is 6.20 Å². The highest BCUT2D eigenvalue weighted by molar-refractivity contribution is 5.85. The van der Waals surface area contributed by atoms with Gasteiger partial charge in [0.25, 0.3) is 0 Å². The molecule has 23 heavy (non-hydrogen) atoms. The summed E-state index contributed by atoms with van der Waals surface area (Å²) in [7, 11) is 5.86. The third-order valence-corrected chi connectivity index (χ3v) is 4.47. The van der Waals surface area contributed by atoms with Crippen molar-refractivity contribution < 1.29 is 4.79 Å². The van der Waals surface area contributed by atoms with Gasteiger partial charge in [-0.1, -0.05) is 12.8 Å². The van der Waals surface area contributed by atoms with Gasteiger partial charge in [-0.3, -0.25) is 4.79 Å². The minimum absolute atomic E-state index is 0. The van der Waals surface area contributed by atoms with Crippen LogP contribution in [0, 0.1) is 5.92 Å². The number of amides is 1. The SMILES string of the molecule is CN(C)c1ncc(CNC(=O)C2CCCCC2(C)N)n1C.Cl.Cl. The van der Waals surface area contributed by atoms with Crippen LogP contribution in [0.4, 0.5) is 5.95 Å². The fourth-order valence-electron chi connectivity index (χ4n) is 3.10. The van der Waals surface area contributed by atoms with E-state index in [0.717, 1.165) is 37.3 Å². The summed E-state index contributed by atoms with van der Waals surface area (Å²) >= 11 is 0. The van der Waals surface area contributed by atoms with Gasteiger partial charge in [-0.15, -0.1) is 24.8 Å². The predicted octanol–water partition coefficient (Wildman–Crippen LogP) is 1.85. The summed E-state index contributed by atoms with van der Waals surface area (Å²) in [4.78, 5) is 18.7.